The fraction of sp³-hybridized carbons (Fsp3) is 0.308. The van der Waals surface area contributed by atoms with Crippen molar-refractivity contribution < 1.29 is 4.92 Å². The molecule has 1 aliphatic carbocycles. The summed E-state index contributed by atoms with van der Waals surface area (Å²) in [4.78, 5) is 18.7. The van der Waals surface area contributed by atoms with Gasteiger partial charge in [-0.3, -0.25) is 10.1 Å². The van der Waals surface area contributed by atoms with Crippen molar-refractivity contribution in [3.05, 3.63) is 79.2 Å². The van der Waals surface area contributed by atoms with Crippen LogP contribution in [0, 0.1) is 32.8 Å². The topological polar surface area (TPSA) is 79.3 Å². The van der Waals surface area contributed by atoms with E-state index < -0.39 is 4.92 Å². The smallest absolute Gasteiger partial charge is 0.258 e. The summed E-state index contributed by atoms with van der Waals surface area (Å²) < 4.78 is 0. The molecule has 174 valence electrons. The molecule has 0 amide bonds. The highest BCUT2D eigenvalue weighted by atomic mass is 35.5. The van der Waals surface area contributed by atoms with E-state index in [1.807, 2.05) is 24.3 Å². The summed E-state index contributed by atoms with van der Waals surface area (Å²) >= 11 is 9.05. The molecule has 1 aliphatic rings. The number of nitro benzene ring substituents is 1. The predicted molar refractivity (Wildman–Crippen MR) is 140 cm³/mol. The second-order valence-electron chi connectivity index (χ2n) is 9.39. The maximum Gasteiger partial charge on any atom is 0.270 e. The Labute approximate surface area is 212 Å². The van der Waals surface area contributed by atoms with Crippen LogP contribution in [0.3, 0.4) is 0 Å². The van der Waals surface area contributed by atoms with Crippen LogP contribution in [-0.4, -0.2) is 11.1 Å². The third-order valence-corrected chi connectivity index (χ3v) is 8.66. The number of aliphatic imine (C=N–C) groups is 1. The van der Waals surface area contributed by atoms with Gasteiger partial charge in [0.2, 0.25) is 0 Å². The third kappa shape index (κ3) is 5.35. The van der Waals surface area contributed by atoms with E-state index in [1.54, 1.807) is 23.6 Å². The quantitative estimate of drug-likeness (QED) is 0.197. The van der Waals surface area contributed by atoms with Crippen molar-refractivity contribution >= 4 is 51.6 Å². The minimum absolute atomic E-state index is 0.000839. The number of benzene rings is 2. The van der Waals surface area contributed by atoms with Crippen LogP contribution in [0.4, 0.5) is 10.7 Å². The minimum Gasteiger partial charge on any atom is -0.258 e. The zero-order valence-electron chi connectivity index (χ0n) is 19.2. The van der Waals surface area contributed by atoms with E-state index in [4.69, 9.17) is 11.6 Å². The molecule has 0 N–H and O–H groups in total. The van der Waals surface area contributed by atoms with Crippen molar-refractivity contribution in [2.45, 2.75) is 49.8 Å². The van der Waals surface area contributed by atoms with Crippen LogP contribution in [0.15, 0.2) is 57.2 Å². The van der Waals surface area contributed by atoms with Crippen molar-refractivity contribution in [2.24, 2.45) is 16.3 Å². The van der Waals surface area contributed by atoms with Crippen molar-refractivity contribution in [3.8, 4) is 6.07 Å². The predicted octanol–water partition coefficient (Wildman–Crippen LogP) is 8.23. The Balaban J connectivity index is 1.68. The zero-order chi connectivity index (χ0) is 24.5. The first-order chi connectivity index (χ1) is 16.2. The Morgan fingerprint density at radius 1 is 1.26 bits per heavy atom. The zero-order valence-corrected chi connectivity index (χ0v) is 21.6. The Kier molecular flexibility index (Phi) is 7.13. The summed E-state index contributed by atoms with van der Waals surface area (Å²) in [7, 11) is 0. The summed E-state index contributed by atoms with van der Waals surface area (Å²) in [6.07, 6.45) is 4.56. The lowest BCUT2D eigenvalue weighted by atomic mass is 9.72. The number of non-ortho nitro benzene ring substituents is 1. The molecule has 0 saturated carbocycles. The normalized spacial score (nSPS) is 15.8. The second-order valence-corrected chi connectivity index (χ2v) is 12.0. The van der Waals surface area contributed by atoms with E-state index in [9.17, 15) is 15.4 Å². The highest BCUT2D eigenvalue weighted by Gasteiger charge is 2.32. The van der Waals surface area contributed by atoms with Crippen LogP contribution in [0.2, 0.25) is 5.02 Å². The fourth-order valence-corrected chi connectivity index (χ4v) is 6.36. The van der Waals surface area contributed by atoms with Crippen LogP contribution in [0.5, 0.6) is 0 Å². The van der Waals surface area contributed by atoms with Gasteiger partial charge in [-0.15, -0.1) is 11.3 Å². The Hall–Kier alpha value is -2.66. The van der Waals surface area contributed by atoms with Gasteiger partial charge in [0.05, 0.1) is 10.5 Å². The largest absolute Gasteiger partial charge is 0.270 e. The minimum atomic E-state index is -0.411. The molecule has 1 aromatic heterocycles. The van der Waals surface area contributed by atoms with Crippen LogP contribution in [-0.2, 0) is 12.8 Å². The monoisotopic (exact) mass is 509 g/mol. The molecular formula is C26H24ClN3O2S2. The first-order valence-corrected chi connectivity index (χ1v) is 13.0. The van der Waals surface area contributed by atoms with E-state index in [-0.39, 0.29) is 11.1 Å². The van der Waals surface area contributed by atoms with Gasteiger partial charge in [-0.25, -0.2) is 4.99 Å². The summed E-state index contributed by atoms with van der Waals surface area (Å²) in [5.74, 6) is 0.571. The molecule has 0 unspecified atom stereocenters. The number of nitro groups is 1. The highest BCUT2D eigenvalue weighted by molar-refractivity contribution is 7.99. The second kappa shape index (κ2) is 9.91. The van der Waals surface area contributed by atoms with E-state index in [0.29, 0.717) is 27.1 Å². The highest BCUT2D eigenvalue weighted by Crippen LogP contribution is 2.45. The molecule has 2 aromatic carbocycles. The van der Waals surface area contributed by atoms with Crippen molar-refractivity contribution in [1.82, 2.24) is 0 Å². The average molecular weight is 510 g/mol. The molecule has 0 bridgehead atoms. The molecule has 1 atom stereocenters. The molecule has 4 rings (SSSR count). The lowest BCUT2D eigenvalue weighted by Crippen LogP contribution is -2.26. The molecule has 0 spiro atoms. The summed E-state index contributed by atoms with van der Waals surface area (Å²) in [6.45, 7) is 6.80. The molecule has 1 heterocycles. The fourth-order valence-electron chi connectivity index (χ4n) is 4.12. The molecule has 0 radical (unpaired) electrons. The van der Waals surface area contributed by atoms with Gasteiger partial charge in [0.25, 0.3) is 5.69 Å². The van der Waals surface area contributed by atoms with Crippen molar-refractivity contribution in [1.29, 1.82) is 5.26 Å². The Morgan fingerprint density at radius 2 is 2.00 bits per heavy atom. The third-order valence-electron chi connectivity index (χ3n) is 6.15. The number of nitrogens with zero attached hydrogens (tertiary/aromatic N) is 3. The van der Waals surface area contributed by atoms with Gasteiger partial charge in [-0.1, -0.05) is 44.1 Å². The number of rotatable bonds is 5. The number of hydrogen-bond donors (Lipinski definition) is 0. The lowest BCUT2D eigenvalue weighted by Gasteiger charge is -2.33. The van der Waals surface area contributed by atoms with Crippen molar-refractivity contribution in [3.63, 3.8) is 0 Å². The number of hydrogen-bond acceptors (Lipinski definition) is 6. The van der Waals surface area contributed by atoms with Gasteiger partial charge in [0.1, 0.15) is 11.1 Å². The summed E-state index contributed by atoms with van der Waals surface area (Å²) in [6, 6.07) is 14.5. The average Bonchev–Trinajstić information content (AvgIpc) is 3.15. The SMILES string of the molecule is CC(C)(C)[C@@H]1CCc2c(sc(N=Cc3cc([N+](=O)[O-])ccc3Sc3ccc(Cl)cc3)c2C#N)C1. The maximum absolute atomic E-state index is 11.4. The molecule has 3 aromatic rings. The molecule has 0 fully saturated rings. The number of nitriles is 1. The van der Waals surface area contributed by atoms with Gasteiger partial charge in [-0.2, -0.15) is 5.26 Å². The van der Waals surface area contributed by atoms with E-state index in [0.717, 1.165) is 34.6 Å². The maximum atomic E-state index is 11.4. The van der Waals surface area contributed by atoms with Gasteiger partial charge in [-0.05, 0) is 66.5 Å². The van der Waals surface area contributed by atoms with Gasteiger partial charge >= 0.3 is 0 Å². The van der Waals surface area contributed by atoms with Crippen molar-refractivity contribution in [2.75, 3.05) is 0 Å². The Morgan fingerprint density at radius 3 is 2.65 bits per heavy atom. The van der Waals surface area contributed by atoms with Crippen LogP contribution >= 0.6 is 34.7 Å². The van der Waals surface area contributed by atoms with Crippen LogP contribution < -0.4 is 0 Å². The van der Waals surface area contributed by atoms with E-state index >= 15 is 0 Å². The van der Waals surface area contributed by atoms with Crippen LogP contribution in [0.1, 0.15) is 48.8 Å². The lowest BCUT2D eigenvalue weighted by molar-refractivity contribution is -0.384. The van der Waals surface area contributed by atoms with Crippen LogP contribution in [0.25, 0.3) is 0 Å². The number of halogens is 1. The molecule has 5 nitrogen and oxygen atoms in total. The first kappa shape index (κ1) is 24.5. The molecule has 0 saturated heterocycles. The summed E-state index contributed by atoms with van der Waals surface area (Å²) in [5.41, 5.74) is 2.61. The number of fused-ring (bicyclic) bond motifs is 1. The molecule has 0 aliphatic heterocycles. The Bertz CT molecular complexity index is 1300. The molecule has 34 heavy (non-hydrogen) atoms. The van der Waals surface area contributed by atoms with Gasteiger partial charge < -0.3 is 0 Å². The van der Waals surface area contributed by atoms with E-state index in [2.05, 4.69) is 31.8 Å². The van der Waals surface area contributed by atoms with Gasteiger partial charge in [0, 0.05) is 43.6 Å². The standard InChI is InChI=1S/C26H24ClN3O2S2/c1-26(2,3)17-4-10-21-22(14-28)25(34-24(21)13-17)29-15-16-12-19(30(31)32)7-11-23(16)33-20-8-5-18(27)6-9-20/h5-9,11-12,15,17H,4,10,13H2,1-3H3/t17-/m1/s1. The van der Waals surface area contributed by atoms with E-state index in [1.165, 1.54) is 28.8 Å². The van der Waals surface area contributed by atoms with Gasteiger partial charge in [0.15, 0.2) is 0 Å². The summed E-state index contributed by atoms with van der Waals surface area (Å²) in [5, 5.41) is 22.6. The number of thiophene rings is 1. The first-order valence-electron chi connectivity index (χ1n) is 11.0. The molecule has 8 heteroatoms. The molecular weight excluding hydrogens is 486 g/mol.